The van der Waals surface area contributed by atoms with E-state index >= 15 is 0 Å². The van der Waals surface area contributed by atoms with Gasteiger partial charge in [-0.05, 0) is 245 Å². The molecule has 5 aliphatic rings. The molecule has 460 valence electrons. The molecule has 2 nitrogen and oxygen atoms in total. The maximum absolute atomic E-state index is 2.63. The van der Waals surface area contributed by atoms with Crippen LogP contribution in [-0.2, 0) is 21.7 Å². The van der Waals surface area contributed by atoms with E-state index in [-0.39, 0.29) is 21.7 Å². The van der Waals surface area contributed by atoms with E-state index < -0.39 is 0 Å². The molecule has 1 unspecified atom stereocenters. The molecule has 0 heterocycles. The maximum Gasteiger partial charge on any atom is 0.0468 e. The Morgan fingerprint density at radius 1 is 0.271 bits per heavy atom. The predicted molar refractivity (Wildman–Crippen MR) is 407 cm³/mol. The van der Waals surface area contributed by atoms with E-state index in [9.17, 15) is 0 Å². The molecule has 0 spiro atoms. The highest BCUT2D eigenvalue weighted by Crippen LogP contribution is 2.59. The number of rotatable bonds is 8. The summed E-state index contributed by atoms with van der Waals surface area (Å²) in [7, 11) is 0. The van der Waals surface area contributed by atoms with Crippen LogP contribution in [0.2, 0.25) is 0 Å². The second-order valence-electron chi connectivity index (χ2n) is 30.0. The van der Waals surface area contributed by atoms with Crippen LogP contribution in [0, 0.1) is 5.92 Å². The Hall–Kier alpha value is -10.8. The Labute approximate surface area is 563 Å². The molecule has 19 rings (SSSR count). The Morgan fingerprint density at radius 3 is 1.08 bits per heavy atom. The minimum Gasteiger partial charge on any atom is -0.314 e. The fourth-order valence-electron chi connectivity index (χ4n) is 18.5. The average molecular weight is 1230 g/mol. The van der Waals surface area contributed by atoms with Gasteiger partial charge in [0.1, 0.15) is 0 Å². The van der Waals surface area contributed by atoms with E-state index in [1.807, 2.05) is 0 Å². The summed E-state index contributed by atoms with van der Waals surface area (Å²) >= 11 is 0. The second-order valence-corrected chi connectivity index (χ2v) is 30.0. The first-order valence-electron chi connectivity index (χ1n) is 34.5. The van der Waals surface area contributed by atoms with E-state index in [2.05, 4.69) is 350 Å². The molecule has 14 aromatic rings. The quantitative estimate of drug-likeness (QED) is 0.140. The van der Waals surface area contributed by atoms with Gasteiger partial charge in [-0.1, -0.05) is 262 Å². The number of allylic oxidation sites excluding steroid dienone is 4. The summed E-state index contributed by atoms with van der Waals surface area (Å²) in [5.41, 5.74) is 31.6. The third-order valence-electron chi connectivity index (χ3n) is 23.5. The van der Waals surface area contributed by atoms with Crippen molar-refractivity contribution in [2.45, 2.75) is 83.5 Å². The molecule has 0 saturated heterocycles. The lowest BCUT2D eigenvalue weighted by Crippen LogP contribution is -2.29. The summed E-state index contributed by atoms with van der Waals surface area (Å²) in [5.74, 6) is 0.303. The number of hydrogen-bond donors (Lipinski definition) is 0. The Bertz CT molecular complexity index is 5670. The van der Waals surface area contributed by atoms with Crippen molar-refractivity contribution in [3.8, 4) is 55.6 Å². The molecular weight excluding hydrogens is 1160 g/mol. The normalized spacial score (nSPS) is 16.6. The van der Waals surface area contributed by atoms with Crippen molar-refractivity contribution < 1.29 is 0 Å². The molecule has 5 aliphatic carbocycles. The van der Waals surface area contributed by atoms with E-state index in [0.29, 0.717) is 5.92 Å². The van der Waals surface area contributed by atoms with Crippen molar-refractivity contribution >= 4 is 77.1 Å². The molecule has 14 aromatic carbocycles. The first kappa shape index (κ1) is 56.7. The summed E-state index contributed by atoms with van der Waals surface area (Å²) in [6.07, 6.45) is 5.80. The summed E-state index contributed by atoms with van der Waals surface area (Å²) in [4.78, 5) is 5.18. The van der Waals surface area contributed by atoms with Gasteiger partial charge in [-0.25, -0.2) is 0 Å². The molecule has 2 heteroatoms. The Kier molecular flexibility index (Phi) is 12.0. The summed E-state index contributed by atoms with van der Waals surface area (Å²) in [5, 5.41) is 9.71. The zero-order valence-electron chi connectivity index (χ0n) is 55.8. The van der Waals surface area contributed by atoms with Crippen LogP contribution in [0.3, 0.4) is 0 Å². The third-order valence-corrected chi connectivity index (χ3v) is 23.5. The fourth-order valence-corrected chi connectivity index (χ4v) is 18.5. The van der Waals surface area contributed by atoms with E-state index in [1.165, 1.54) is 160 Å². The minimum atomic E-state index is -0.195. The first-order valence-corrected chi connectivity index (χ1v) is 34.5. The molecular formula is C94H74N2. The number of fused-ring (bicyclic) bond motifs is 16. The highest BCUT2D eigenvalue weighted by atomic mass is 15.2. The fraction of sp³-hybridized carbons (Fsp3) is 0.149. The molecule has 0 saturated carbocycles. The van der Waals surface area contributed by atoms with Gasteiger partial charge >= 0.3 is 0 Å². The minimum absolute atomic E-state index is 0.0596. The lowest BCUT2D eigenvalue weighted by Gasteiger charge is -2.37. The molecule has 1 atom stereocenters. The average Bonchev–Trinajstić information content (AvgIpc) is 0.940. The number of anilines is 5. The van der Waals surface area contributed by atoms with Gasteiger partial charge in [0.05, 0.1) is 0 Å². The monoisotopic (exact) mass is 1230 g/mol. The van der Waals surface area contributed by atoms with Gasteiger partial charge in [0.15, 0.2) is 0 Å². The van der Waals surface area contributed by atoms with E-state index in [0.717, 1.165) is 29.2 Å². The Morgan fingerprint density at radius 2 is 0.625 bits per heavy atom. The van der Waals surface area contributed by atoms with Gasteiger partial charge in [0.25, 0.3) is 0 Å². The van der Waals surface area contributed by atoms with E-state index in [1.54, 1.807) is 0 Å². The Balaban J connectivity index is 0.884. The van der Waals surface area contributed by atoms with Gasteiger partial charge in [-0.3, -0.25) is 0 Å². The van der Waals surface area contributed by atoms with Crippen molar-refractivity contribution in [3.05, 3.63) is 335 Å². The smallest absolute Gasteiger partial charge is 0.0468 e. The topological polar surface area (TPSA) is 6.48 Å². The molecule has 0 aliphatic heterocycles. The molecule has 0 bridgehead atoms. The number of hydrogen-bond acceptors (Lipinski definition) is 2. The maximum atomic E-state index is 2.63. The molecule has 96 heavy (non-hydrogen) atoms. The van der Waals surface area contributed by atoms with Crippen LogP contribution in [-0.4, -0.2) is 0 Å². The van der Waals surface area contributed by atoms with Crippen LogP contribution in [0.15, 0.2) is 291 Å². The summed E-state index contributed by atoms with van der Waals surface area (Å²) < 4.78 is 0. The van der Waals surface area contributed by atoms with Crippen molar-refractivity contribution in [1.82, 2.24) is 0 Å². The first-order chi connectivity index (χ1) is 46.6. The van der Waals surface area contributed by atoms with Crippen LogP contribution in [0.25, 0.3) is 104 Å². The lowest BCUT2D eigenvalue weighted by molar-refractivity contribution is 0.406. The van der Waals surface area contributed by atoms with Crippen LogP contribution in [0.1, 0.15) is 106 Å². The van der Waals surface area contributed by atoms with Gasteiger partial charge in [-0.15, -0.1) is 0 Å². The van der Waals surface area contributed by atoms with Crippen molar-refractivity contribution in [3.63, 3.8) is 0 Å². The van der Waals surface area contributed by atoms with Crippen molar-refractivity contribution in [2.75, 3.05) is 9.80 Å². The third kappa shape index (κ3) is 8.12. The number of benzene rings is 14. The molecule has 0 amide bonds. The van der Waals surface area contributed by atoms with E-state index in [4.69, 9.17) is 0 Å². The zero-order valence-corrected chi connectivity index (χ0v) is 55.8. The van der Waals surface area contributed by atoms with Crippen LogP contribution in [0.5, 0.6) is 0 Å². The van der Waals surface area contributed by atoms with Crippen LogP contribution in [0.4, 0.5) is 28.4 Å². The predicted octanol–water partition coefficient (Wildman–Crippen LogP) is 25.4. The SMILES string of the molecule is CC1(C)c2ccccc2-c2ccc(N(C3=CC=C4c5ccccc5C(C)(C)C4C3)c3ccc4c(-c5ccc6ccccc6c5)c5cc(N(c6ccc7c(c6)C(C)(C)c6ccccc6-7)c6ccc7c(c6)C(C)(C)c6ccccc6-7)ccc5c(-c5ccc6ccccc6c5)c4c3)cc21. The van der Waals surface area contributed by atoms with Gasteiger partial charge in [0, 0.05) is 50.4 Å². The van der Waals surface area contributed by atoms with Gasteiger partial charge in [0.2, 0.25) is 0 Å². The van der Waals surface area contributed by atoms with Crippen molar-refractivity contribution in [2.24, 2.45) is 5.92 Å². The molecule has 0 radical (unpaired) electrons. The largest absolute Gasteiger partial charge is 0.314 e. The highest BCUT2D eigenvalue weighted by Gasteiger charge is 2.45. The standard InChI is InChI=1S/C94H74N2/c1-91(2)81-29-17-13-25-69(81)73-43-37-65(53-85(73)91)95(66-38-44-74-70-26-14-18-30-82(70)92(3,4)86(74)54-66)63-41-47-77-79(51-63)89(61-35-33-57-21-9-11-23-59(57)49-61)78-48-42-64(52-80(78)90(77)62-36-34-58-22-10-12-24-60(58)50-62)96(67-39-45-75-71-27-15-19-31-83(71)93(5,6)87(75)55-67)68-40-46-76-72-28-16-20-32-84(72)94(7,8)88(76)56-68/h9-55,88H,56H2,1-8H3. The van der Waals surface area contributed by atoms with Gasteiger partial charge in [-0.2, -0.15) is 0 Å². The molecule has 0 N–H and O–H groups in total. The van der Waals surface area contributed by atoms with Crippen molar-refractivity contribution in [1.29, 1.82) is 0 Å². The zero-order chi connectivity index (χ0) is 64.7. The highest BCUT2D eigenvalue weighted by molar-refractivity contribution is 6.23. The van der Waals surface area contributed by atoms with Crippen LogP contribution < -0.4 is 9.80 Å². The summed E-state index contributed by atoms with van der Waals surface area (Å²) in [6.45, 7) is 19.3. The number of nitrogens with zero attached hydrogens (tertiary/aromatic N) is 2. The van der Waals surface area contributed by atoms with Gasteiger partial charge < -0.3 is 9.80 Å². The molecule has 0 fully saturated rings. The lowest BCUT2D eigenvalue weighted by atomic mass is 9.73. The van der Waals surface area contributed by atoms with Crippen LogP contribution >= 0.6 is 0 Å². The summed E-state index contributed by atoms with van der Waals surface area (Å²) in [6, 6.07) is 105. The molecule has 0 aromatic heterocycles. The second kappa shape index (κ2) is 20.4.